The molecule has 1 N–H and O–H groups in total. The topological polar surface area (TPSA) is 12.0 Å². The normalized spacial score (nSPS) is 15.8. The van der Waals surface area contributed by atoms with Crippen molar-refractivity contribution in [1.82, 2.24) is 5.32 Å². The molecule has 0 aliphatic carbocycles. The molecule has 0 bridgehead atoms. The smallest absolute Gasteiger partial charge is 0.300 e. The first-order valence-corrected chi connectivity index (χ1v) is 6.14. The summed E-state index contributed by atoms with van der Waals surface area (Å²) in [7, 11) is 0. The standard InChI is InChI=1S/C14H20F3N/c1-5-18-13(4,14(15,16)17)12-8-6-11(7-9-12)10(2)3/h6-10,18H,5H2,1-4H3. The second kappa shape index (κ2) is 5.31. The third-order valence-corrected chi connectivity index (χ3v) is 3.25. The van der Waals surface area contributed by atoms with Crippen molar-refractivity contribution < 1.29 is 13.2 Å². The first-order valence-electron chi connectivity index (χ1n) is 6.14. The molecule has 0 aromatic heterocycles. The molecule has 102 valence electrons. The van der Waals surface area contributed by atoms with E-state index in [4.69, 9.17) is 0 Å². The van der Waals surface area contributed by atoms with E-state index in [2.05, 4.69) is 5.32 Å². The quantitative estimate of drug-likeness (QED) is 0.854. The van der Waals surface area contributed by atoms with Crippen LogP contribution < -0.4 is 5.32 Å². The molecule has 1 nitrogen and oxygen atoms in total. The number of alkyl halides is 3. The summed E-state index contributed by atoms with van der Waals surface area (Å²) in [6.45, 7) is 7.15. The van der Waals surface area contributed by atoms with Gasteiger partial charge in [-0.05, 0) is 30.5 Å². The summed E-state index contributed by atoms with van der Waals surface area (Å²) in [5.74, 6) is 0.315. The van der Waals surface area contributed by atoms with E-state index in [1.807, 2.05) is 13.8 Å². The third kappa shape index (κ3) is 2.86. The molecule has 0 aliphatic rings. The van der Waals surface area contributed by atoms with Crippen molar-refractivity contribution in [2.75, 3.05) is 6.54 Å². The number of hydrogen-bond donors (Lipinski definition) is 1. The van der Waals surface area contributed by atoms with Gasteiger partial charge in [0.05, 0.1) is 0 Å². The molecule has 0 radical (unpaired) electrons. The van der Waals surface area contributed by atoms with E-state index in [0.29, 0.717) is 5.92 Å². The van der Waals surface area contributed by atoms with Crippen LogP contribution in [-0.4, -0.2) is 12.7 Å². The Labute approximate surface area is 106 Å². The molecule has 0 spiro atoms. The molecule has 1 rings (SSSR count). The molecule has 1 atom stereocenters. The van der Waals surface area contributed by atoms with Gasteiger partial charge in [-0.1, -0.05) is 45.0 Å². The maximum atomic E-state index is 13.2. The zero-order valence-corrected chi connectivity index (χ0v) is 11.2. The van der Waals surface area contributed by atoms with Gasteiger partial charge in [-0.3, -0.25) is 0 Å². The highest BCUT2D eigenvalue weighted by Crippen LogP contribution is 2.38. The summed E-state index contributed by atoms with van der Waals surface area (Å²) in [4.78, 5) is 0. The molecule has 18 heavy (non-hydrogen) atoms. The third-order valence-electron chi connectivity index (χ3n) is 3.25. The van der Waals surface area contributed by atoms with Gasteiger partial charge in [-0.25, -0.2) is 0 Å². The van der Waals surface area contributed by atoms with Crippen LogP contribution in [0.25, 0.3) is 0 Å². The highest BCUT2D eigenvalue weighted by Gasteiger charge is 2.51. The number of benzene rings is 1. The molecule has 0 fully saturated rings. The second-order valence-corrected chi connectivity index (χ2v) is 4.93. The van der Waals surface area contributed by atoms with Crippen LogP contribution in [0.15, 0.2) is 24.3 Å². The average molecular weight is 259 g/mol. The van der Waals surface area contributed by atoms with Gasteiger partial charge in [0.25, 0.3) is 0 Å². The zero-order chi connectivity index (χ0) is 14.0. The lowest BCUT2D eigenvalue weighted by Gasteiger charge is -2.33. The molecule has 0 heterocycles. The average Bonchev–Trinajstić information content (AvgIpc) is 2.28. The zero-order valence-electron chi connectivity index (χ0n) is 11.2. The SMILES string of the molecule is CCNC(C)(c1ccc(C(C)C)cc1)C(F)(F)F. The molecule has 0 amide bonds. The maximum Gasteiger partial charge on any atom is 0.410 e. The van der Waals surface area contributed by atoms with Crippen LogP contribution in [0.4, 0.5) is 13.2 Å². The van der Waals surface area contributed by atoms with Gasteiger partial charge < -0.3 is 5.32 Å². The lowest BCUT2D eigenvalue weighted by atomic mass is 9.89. The second-order valence-electron chi connectivity index (χ2n) is 4.93. The molecular weight excluding hydrogens is 239 g/mol. The molecule has 0 saturated heterocycles. The summed E-state index contributed by atoms with van der Waals surface area (Å²) >= 11 is 0. The van der Waals surface area contributed by atoms with E-state index in [0.717, 1.165) is 5.56 Å². The summed E-state index contributed by atoms with van der Waals surface area (Å²) in [6.07, 6.45) is -4.32. The van der Waals surface area contributed by atoms with Crippen molar-refractivity contribution in [3.05, 3.63) is 35.4 Å². The highest BCUT2D eigenvalue weighted by molar-refractivity contribution is 5.31. The Morgan fingerprint density at radius 1 is 1.11 bits per heavy atom. The summed E-state index contributed by atoms with van der Waals surface area (Å²) < 4.78 is 39.5. The Hall–Kier alpha value is -1.03. The van der Waals surface area contributed by atoms with Gasteiger partial charge in [-0.15, -0.1) is 0 Å². The van der Waals surface area contributed by atoms with Crippen LogP contribution in [0.1, 0.15) is 44.7 Å². The van der Waals surface area contributed by atoms with E-state index >= 15 is 0 Å². The molecule has 4 heteroatoms. The predicted molar refractivity (Wildman–Crippen MR) is 67.6 cm³/mol. The number of nitrogens with one attached hydrogen (secondary N) is 1. The van der Waals surface area contributed by atoms with Gasteiger partial charge in [0.2, 0.25) is 0 Å². The van der Waals surface area contributed by atoms with Crippen LogP contribution in [0.2, 0.25) is 0 Å². The fourth-order valence-electron chi connectivity index (χ4n) is 1.92. The van der Waals surface area contributed by atoms with Crippen LogP contribution >= 0.6 is 0 Å². The van der Waals surface area contributed by atoms with Crippen LogP contribution in [0, 0.1) is 0 Å². The number of hydrogen-bond acceptors (Lipinski definition) is 1. The van der Waals surface area contributed by atoms with Crippen molar-refractivity contribution in [3.8, 4) is 0 Å². The summed E-state index contributed by atoms with van der Waals surface area (Å²) in [5, 5.41) is 2.54. The van der Waals surface area contributed by atoms with Gasteiger partial charge in [0.1, 0.15) is 5.54 Å². The van der Waals surface area contributed by atoms with Crippen molar-refractivity contribution >= 4 is 0 Å². The van der Waals surface area contributed by atoms with Gasteiger partial charge in [-0.2, -0.15) is 13.2 Å². The van der Waals surface area contributed by atoms with Crippen LogP contribution in [0.5, 0.6) is 0 Å². The van der Waals surface area contributed by atoms with Crippen molar-refractivity contribution in [3.63, 3.8) is 0 Å². The fraction of sp³-hybridized carbons (Fsp3) is 0.571. The van der Waals surface area contributed by atoms with Gasteiger partial charge in [0.15, 0.2) is 0 Å². The maximum absolute atomic E-state index is 13.2. The minimum Gasteiger partial charge on any atom is -0.300 e. The molecular formula is C14H20F3N. The van der Waals surface area contributed by atoms with E-state index in [1.54, 1.807) is 31.2 Å². The van der Waals surface area contributed by atoms with E-state index in [-0.39, 0.29) is 12.1 Å². The lowest BCUT2D eigenvalue weighted by molar-refractivity contribution is -0.195. The molecule has 1 aromatic carbocycles. The molecule has 1 aromatic rings. The Kier molecular flexibility index (Phi) is 4.43. The van der Waals surface area contributed by atoms with Gasteiger partial charge >= 0.3 is 6.18 Å². The van der Waals surface area contributed by atoms with Crippen LogP contribution in [0.3, 0.4) is 0 Å². The van der Waals surface area contributed by atoms with E-state index in [9.17, 15) is 13.2 Å². The Balaban J connectivity index is 3.15. The molecule has 0 saturated carbocycles. The molecule has 1 unspecified atom stereocenters. The van der Waals surface area contributed by atoms with E-state index < -0.39 is 11.7 Å². The first kappa shape index (κ1) is 15.0. The lowest BCUT2D eigenvalue weighted by Crippen LogP contribution is -2.51. The minimum atomic E-state index is -4.32. The van der Waals surface area contributed by atoms with E-state index in [1.165, 1.54) is 6.92 Å². The fourth-order valence-corrected chi connectivity index (χ4v) is 1.92. The van der Waals surface area contributed by atoms with Crippen LogP contribution in [-0.2, 0) is 5.54 Å². The summed E-state index contributed by atoms with van der Waals surface area (Å²) in [5.41, 5.74) is -0.696. The monoisotopic (exact) mass is 259 g/mol. The van der Waals surface area contributed by atoms with Crippen molar-refractivity contribution in [1.29, 1.82) is 0 Å². The largest absolute Gasteiger partial charge is 0.410 e. The number of halogens is 3. The minimum absolute atomic E-state index is 0.251. The summed E-state index contributed by atoms with van der Waals surface area (Å²) in [6, 6.07) is 6.65. The number of rotatable bonds is 4. The Morgan fingerprint density at radius 3 is 1.94 bits per heavy atom. The highest BCUT2D eigenvalue weighted by atomic mass is 19.4. The molecule has 0 aliphatic heterocycles. The van der Waals surface area contributed by atoms with Gasteiger partial charge in [0, 0.05) is 0 Å². The Bertz CT molecular complexity index is 381. The first-order chi connectivity index (χ1) is 8.22. The predicted octanol–water partition coefficient (Wildman–Crippen LogP) is 4.20. The Morgan fingerprint density at radius 2 is 1.61 bits per heavy atom. The van der Waals surface area contributed by atoms with Crippen molar-refractivity contribution in [2.45, 2.75) is 45.3 Å². The van der Waals surface area contributed by atoms with Crippen molar-refractivity contribution in [2.24, 2.45) is 0 Å².